The lowest BCUT2D eigenvalue weighted by Crippen LogP contribution is -2.34. The van der Waals surface area contributed by atoms with Crippen LogP contribution in [0.1, 0.15) is 23.1 Å². The van der Waals surface area contributed by atoms with Gasteiger partial charge in [-0.1, -0.05) is 18.2 Å². The Balaban J connectivity index is 1.95. The molecule has 0 radical (unpaired) electrons. The summed E-state index contributed by atoms with van der Waals surface area (Å²) in [5.41, 5.74) is 2.38. The van der Waals surface area contributed by atoms with Crippen LogP contribution in [-0.4, -0.2) is 55.5 Å². The van der Waals surface area contributed by atoms with Crippen LogP contribution in [0.5, 0.6) is 0 Å². The molecular weight excluding hydrogens is 334 g/mol. The predicted molar refractivity (Wildman–Crippen MR) is 95.2 cm³/mol. The van der Waals surface area contributed by atoms with Gasteiger partial charge in [0.2, 0.25) is 0 Å². The third-order valence-corrected chi connectivity index (χ3v) is 4.26. The Morgan fingerprint density at radius 1 is 1.27 bits per heavy atom. The standard InChI is InChI=1S/C18H19N5O3/c1-11(18(25)26)10-22(3)17(24)16-12(2)23(21-20-16)15-8-4-7-14-13(15)6-5-9-19-14/h4-9,11H,10H2,1-3H3,(H,25,26). The number of carboxylic acid groups (broad SMARTS) is 1. The second kappa shape index (κ2) is 6.91. The zero-order valence-corrected chi connectivity index (χ0v) is 14.7. The summed E-state index contributed by atoms with van der Waals surface area (Å²) in [5.74, 6) is -1.98. The topological polar surface area (TPSA) is 101 Å². The van der Waals surface area contributed by atoms with Gasteiger partial charge >= 0.3 is 5.97 Å². The van der Waals surface area contributed by atoms with Crippen LogP contribution in [-0.2, 0) is 4.79 Å². The number of aliphatic carboxylic acids is 1. The number of benzene rings is 1. The minimum atomic E-state index is -0.951. The highest BCUT2D eigenvalue weighted by atomic mass is 16.4. The van der Waals surface area contributed by atoms with E-state index in [2.05, 4.69) is 15.3 Å². The van der Waals surface area contributed by atoms with Crippen LogP contribution >= 0.6 is 0 Å². The van der Waals surface area contributed by atoms with E-state index in [9.17, 15) is 9.59 Å². The summed E-state index contributed by atoms with van der Waals surface area (Å²) in [5, 5.41) is 18.1. The van der Waals surface area contributed by atoms with Crippen LogP contribution in [0, 0.1) is 12.8 Å². The summed E-state index contributed by atoms with van der Waals surface area (Å²) in [4.78, 5) is 29.3. The molecule has 1 unspecified atom stereocenters. The number of aromatic nitrogens is 4. The monoisotopic (exact) mass is 353 g/mol. The maximum atomic E-state index is 12.6. The van der Waals surface area contributed by atoms with Crippen LogP contribution < -0.4 is 0 Å². The molecule has 1 N–H and O–H groups in total. The molecule has 0 aliphatic heterocycles. The number of fused-ring (bicyclic) bond motifs is 1. The molecule has 0 aliphatic carbocycles. The van der Waals surface area contributed by atoms with E-state index in [1.807, 2.05) is 30.3 Å². The molecule has 26 heavy (non-hydrogen) atoms. The van der Waals surface area contributed by atoms with E-state index in [0.717, 1.165) is 16.6 Å². The number of carboxylic acids is 1. The van der Waals surface area contributed by atoms with Crippen LogP contribution in [0.2, 0.25) is 0 Å². The molecule has 3 aromatic rings. The molecule has 2 heterocycles. The summed E-state index contributed by atoms with van der Waals surface area (Å²) in [6.07, 6.45) is 1.72. The Morgan fingerprint density at radius 2 is 2.04 bits per heavy atom. The molecule has 1 aromatic carbocycles. The van der Waals surface area contributed by atoms with E-state index >= 15 is 0 Å². The van der Waals surface area contributed by atoms with Gasteiger partial charge < -0.3 is 10.0 Å². The second-order valence-electron chi connectivity index (χ2n) is 6.21. The second-order valence-corrected chi connectivity index (χ2v) is 6.21. The van der Waals surface area contributed by atoms with Gasteiger partial charge in [0.15, 0.2) is 5.69 Å². The molecule has 0 fully saturated rings. The van der Waals surface area contributed by atoms with Gasteiger partial charge in [0.1, 0.15) is 0 Å². The first-order chi connectivity index (χ1) is 12.4. The van der Waals surface area contributed by atoms with Crippen LogP contribution in [0.25, 0.3) is 16.6 Å². The molecule has 1 atom stereocenters. The highest BCUT2D eigenvalue weighted by Crippen LogP contribution is 2.22. The fourth-order valence-corrected chi connectivity index (χ4v) is 2.78. The number of nitrogens with zero attached hydrogens (tertiary/aromatic N) is 5. The van der Waals surface area contributed by atoms with Crippen molar-refractivity contribution in [2.75, 3.05) is 13.6 Å². The van der Waals surface area contributed by atoms with E-state index in [-0.39, 0.29) is 18.1 Å². The maximum absolute atomic E-state index is 12.6. The number of amides is 1. The van der Waals surface area contributed by atoms with Gasteiger partial charge in [-0.15, -0.1) is 5.10 Å². The van der Waals surface area contributed by atoms with Crippen molar-refractivity contribution in [1.29, 1.82) is 0 Å². The lowest BCUT2D eigenvalue weighted by Gasteiger charge is -2.18. The fraction of sp³-hybridized carbons (Fsp3) is 0.278. The molecule has 8 heteroatoms. The average Bonchev–Trinajstić information content (AvgIpc) is 3.01. The van der Waals surface area contributed by atoms with Crippen molar-refractivity contribution in [3.8, 4) is 5.69 Å². The average molecular weight is 353 g/mol. The molecular formula is C18H19N5O3. The number of hydrogen-bond donors (Lipinski definition) is 1. The first-order valence-corrected chi connectivity index (χ1v) is 8.15. The Morgan fingerprint density at radius 3 is 2.77 bits per heavy atom. The van der Waals surface area contributed by atoms with E-state index in [4.69, 9.17) is 5.11 Å². The van der Waals surface area contributed by atoms with E-state index in [1.54, 1.807) is 31.8 Å². The highest BCUT2D eigenvalue weighted by molar-refractivity contribution is 5.94. The minimum Gasteiger partial charge on any atom is -0.481 e. The Hall–Kier alpha value is -3.29. The van der Waals surface area contributed by atoms with E-state index < -0.39 is 11.9 Å². The number of hydrogen-bond acceptors (Lipinski definition) is 5. The number of rotatable bonds is 5. The van der Waals surface area contributed by atoms with Crippen molar-refractivity contribution in [1.82, 2.24) is 24.9 Å². The van der Waals surface area contributed by atoms with Crippen LogP contribution in [0.4, 0.5) is 0 Å². The summed E-state index contributed by atoms with van der Waals surface area (Å²) in [7, 11) is 1.56. The van der Waals surface area contributed by atoms with Crippen molar-refractivity contribution >= 4 is 22.8 Å². The molecule has 0 aliphatic rings. The first kappa shape index (κ1) is 17.5. The van der Waals surface area contributed by atoms with Gasteiger partial charge in [-0.3, -0.25) is 14.6 Å². The molecule has 1 amide bonds. The molecule has 0 saturated heterocycles. The molecule has 0 bridgehead atoms. The lowest BCUT2D eigenvalue weighted by atomic mass is 10.1. The number of carbonyl (C=O) groups is 2. The van der Waals surface area contributed by atoms with Crippen molar-refractivity contribution in [3.05, 3.63) is 47.9 Å². The Bertz CT molecular complexity index is 977. The summed E-state index contributed by atoms with van der Waals surface area (Å²) < 4.78 is 1.60. The molecule has 134 valence electrons. The van der Waals surface area contributed by atoms with E-state index in [1.165, 1.54) is 4.90 Å². The van der Waals surface area contributed by atoms with Gasteiger partial charge in [0.05, 0.1) is 22.8 Å². The number of carbonyl (C=O) groups excluding carboxylic acids is 1. The molecule has 0 spiro atoms. The zero-order valence-electron chi connectivity index (χ0n) is 14.7. The lowest BCUT2D eigenvalue weighted by molar-refractivity contribution is -0.141. The molecule has 3 rings (SSSR count). The van der Waals surface area contributed by atoms with Crippen molar-refractivity contribution < 1.29 is 14.7 Å². The van der Waals surface area contributed by atoms with Gasteiger partial charge in [-0.2, -0.15) is 0 Å². The quantitative estimate of drug-likeness (QED) is 0.752. The van der Waals surface area contributed by atoms with Crippen LogP contribution in [0.15, 0.2) is 36.5 Å². The maximum Gasteiger partial charge on any atom is 0.308 e. The third kappa shape index (κ3) is 3.13. The van der Waals surface area contributed by atoms with Gasteiger partial charge in [0.25, 0.3) is 5.91 Å². The smallest absolute Gasteiger partial charge is 0.308 e. The molecule has 0 saturated carbocycles. The Labute approximate surface area is 150 Å². The SMILES string of the molecule is Cc1c(C(=O)N(C)CC(C)C(=O)O)nnn1-c1cccc2ncccc12. The molecule has 2 aromatic heterocycles. The largest absolute Gasteiger partial charge is 0.481 e. The van der Waals surface area contributed by atoms with Crippen molar-refractivity contribution in [2.24, 2.45) is 5.92 Å². The third-order valence-electron chi connectivity index (χ3n) is 4.26. The predicted octanol–water partition coefficient (Wildman–Crippen LogP) is 1.92. The van der Waals surface area contributed by atoms with Crippen molar-refractivity contribution in [2.45, 2.75) is 13.8 Å². The summed E-state index contributed by atoms with van der Waals surface area (Å²) >= 11 is 0. The molecule has 8 nitrogen and oxygen atoms in total. The van der Waals surface area contributed by atoms with Crippen LogP contribution in [0.3, 0.4) is 0 Å². The van der Waals surface area contributed by atoms with Crippen molar-refractivity contribution in [3.63, 3.8) is 0 Å². The highest BCUT2D eigenvalue weighted by Gasteiger charge is 2.24. The van der Waals surface area contributed by atoms with Gasteiger partial charge in [-0.05, 0) is 31.2 Å². The van der Waals surface area contributed by atoms with Gasteiger partial charge in [-0.25, -0.2) is 4.68 Å². The zero-order chi connectivity index (χ0) is 18.8. The van der Waals surface area contributed by atoms with Gasteiger partial charge in [0, 0.05) is 25.2 Å². The minimum absolute atomic E-state index is 0.0959. The first-order valence-electron chi connectivity index (χ1n) is 8.15. The number of pyridine rings is 1. The fourth-order valence-electron chi connectivity index (χ4n) is 2.78. The van der Waals surface area contributed by atoms with E-state index in [0.29, 0.717) is 5.69 Å². The Kier molecular flexibility index (Phi) is 4.66. The normalized spacial score (nSPS) is 12.1. The summed E-state index contributed by atoms with van der Waals surface area (Å²) in [6, 6.07) is 9.43. The summed E-state index contributed by atoms with van der Waals surface area (Å²) in [6.45, 7) is 3.41.